The Hall–Kier alpha value is -3.31. The van der Waals surface area contributed by atoms with Crippen molar-refractivity contribution in [2.75, 3.05) is 13.2 Å². The Morgan fingerprint density at radius 2 is 1.62 bits per heavy atom. The summed E-state index contributed by atoms with van der Waals surface area (Å²) in [6.45, 7) is 4.59. The van der Waals surface area contributed by atoms with E-state index in [4.69, 9.17) is 16.3 Å². The summed E-state index contributed by atoms with van der Waals surface area (Å²) >= 11 is 6.06. The molecule has 1 atom stereocenters. The zero-order valence-corrected chi connectivity index (χ0v) is 20.4. The summed E-state index contributed by atoms with van der Waals surface area (Å²) in [6.07, 6.45) is 1.21. The molecule has 6 heteroatoms. The minimum atomic E-state index is -0.683. The molecule has 2 amide bonds. The first-order chi connectivity index (χ1) is 16.5. The van der Waals surface area contributed by atoms with Crippen LogP contribution in [-0.2, 0) is 22.6 Å². The van der Waals surface area contributed by atoms with Crippen LogP contribution in [0.5, 0.6) is 5.75 Å². The van der Waals surface area contributed by atoms with Gasteiger partial charge < -0.3 is 15.0 Å². The highest BCUT2D eigenvalue weighted by molar-refractivity contribution is 6.30. The average Bonchev–Trinajstić information content (AvgIpc) is 2.85. The van der Waals surface area contributed by atoms with E-state index >= 15 is 0 Å². The third-order valence-corrected chi connectivity index (χ3v) is 5.78. The number of amides is 2. The molecule has 3 aromatic rings. The van der Waals surface area contributed by atoms with Gasteiger partial charge in [-0.2, -0.15) is 0 Å². The lowest BCUT2D eigenvalue weighted by molar-refractivity contribution is -0.142. The molecule has 0 spiro atoms. The first-order valence-corrected chi connectivity index (χ1v) is 11.9. The van der Waals surface area contributed by atoms with Gasteiger partial charge in [-0.25, -0.2) is 0 Å². The normalized spacial score (nSPS) is 11.5. The van der Waals surface area contributed by atoms with Gasteiger partial charge in [-0.05, 0) is 48.2 Å². The van der Waals surface area contributed by atoms with Crippen LogP contribution in [0.25, 0.3) is 0 Å². The summed E-state index contributed by atoms with van der Waals surface area (Å²) in [7, 11) is 0. The molecule has 0 aliphatic rings. The molecule has 3 aromatic carbocycles. The van der Waals surface area contributed by atoms with Crippen molar-refractivity contribution in [2.24, 2.45) is 0 Å². The number of halogens is 1. The van der Waals surface area contributed by atoms with Gasteiger partial charge in [0.05, 0.1) is 0 Å². The van der Waals surface area contributed by atoms with Crippen molar-refractivity contribution in [1.29, 1.82) is 0 Å². The van der Waals surface area contributed by atoms with Crippen LogP contribution in [0.3, 0.4) is 0 Å². The summed E-state index contributed by atoms with van der Waals surface area (Å²) in [5.41, 5.74) is 2.81. The second kappa shape index (κ2) is 12.8. The summed E-state index contributed by atoms with van der Waals surface area (Å²) in [5.74, 6) is 0.215. The molecule has 0 aromatic heterocycles. The molecular weight excluding hydrogens is 448 g/mol. The maximum atomic E-state index is 13.5. The van der Waals surface area contributed by atoms with Gasteiger partial charge in [0.25, 0.3) is 5.91 Å². The minimum Gasteiger partial charge on any atom is -0.484 e. The maximum absolute atomic E-state index is 13.5. The number of nitrogens with one attached hydrogen (secondary N) is 1. The second-order valence-electron chi connectivity index (χ2n) is 8.20. The van der Waals surface area contributed by atoms with E-state index in [1.165, 1.54) is 0 Å². The van der Waals surface area contributed by atoms with Gasteiger partial charge in [0.15, 0.2) is 6.61 Å². The Morgan fingerprint density at radius 1 is 0.941 bits per heavy atom. The minimum absolute atomic E-state index is 0.162. The van der Waals surface area contributed by atoms with Crippen LogP contribution >= 0.6 is 11.6 Å². The number of hydrogen-bond acceptors (Lipinski definition) is 3. The second-order valence-corrected chi connectivity index (χ2v) is 8.64. The largest absolute Gasteiger partial charge is 0.484 e. The number of aryl methyl sites for hydroxylation is 1. The molecule has 0 fully saturated rings. The van der Waals surface area contributed by atoms with E-state index in [0.29, 0.717) is 23.7 Å². The van der Waals surface area contributed by atoms with Crippen molar-refractivity contribution in [3.05, 3.63) is 101 Å². The van der Waals surface area contributed by atoms with E-state index in [-0.39, 0.29) is 25.0 Å². The quantitative estimate of drug-likeness (QED) is 0.412. The van der Waals surface area contributed by atoms with E-state index in [0.717, 1.165) is 23.1 Å². The molecule has 1 N–H and O–H groups in total. The molecule has 0 unspecified atom stereocenters. The highest BCUT2D eigenvalue weighted by Crippen LogP contribution is 2.19. The maximum Gasteiger partial charge on any atom is 0.261 e. The van der Waals surface area contributed by atoms with Crippen LogP contribution in [0.15, 0.2) is 78.9 Å². The summed E-state index contributed by atoms with van der Waals surface area (Å²) in [5, 5.41) is 3.59. The van der Waals surface area contributed by atoms with Crippen LogP contribution in [-0.4, -0.2) is 35.9 Å². The fraction of sp³-hybridized carbons (Fsp3) is 0.286. The lowest BCUT2D eigenvalue weighted by Gasteiger charge is -2.31. The van der Waals surface area contributed by atoms with Gasteiger partial charge in [-0.3, -0.25) is 9.59 Å². The Kier molecular flexibility index (Phi) is 9.53. The summed E-state index contributed by atoms with van der Waals surface area (Å²) < 4.78 is 5.85. The standard InChI is InChI=1S/C28H31ClN2O3/c1-3-17-30-28(33)25(18-22-10-5-4-6-11-22)31(19-23-13-15-24(29)16-14-23)27(32)20-34-26-12-8-7-9-21(26)2/h4-16,25H,3,17-20H2,1-2H3,(H,30,33)/t25-/m0/s1. The topological polar surface area (TPSA) is 58.6 Å². The van der Waals surface area contributed by atoms with Gasteiger partial charge in [-0.15, -0.1) is 0 Å². The Bertz CT molecular complexity index is 1070. The molecule has 0 bridgehead atoms. The van der Waals surface area contributed by atoms with Crippen molar-refractivity contribution in [3.63, 3.8) is 0 Å². The van der Waals surface area contributed by atoms with E-state index in [2.05, 4.69) is 5.32 Å². The zero-order chi connectivity index (χ0) is 24.3. The van der Waals surface area contributed by atoms with Crippen molar-refractivity contribution in [1.82, 2.24) is 10.2 Å². The van der Waals surface area contributed by atoms with Crippen LogP contribution in [0.2, 0.25) is 5.02 Å². The lowest BCUT2D eigenvalue weighted by atomic mass is 10.0. The van der Waals surface area contributed by atoms with E-state index in [9.17, 15) is 9.59 Å². The number of ether oxygens (including phenoxy) is 1. The molecule has 0 heterocycles. The number of para-hydroxylation sites is 1. The zero-order valence-electron chi connectivity index (χ0n) is 19.7. The molecule has 0 aliphatic carbocycles. The molecule has 0 saturated heterocycles. The van der Waals surface area contributed by atoms with E-state index in [1.54, 1.807) is 17.0 Å². The van der Waals surface area contributed by atoms with Crippen molar-refractivity contribution < 1.29 is 14.3 Å². The molecule has 178 valence electrons. The smallest absolute Gasteiger partial charge is 0.261 e. The van der Waals surface area contributed by atoms with Gasteiger partial charge in [0.1, 0.15) is 11.8 Å². The number of hydrogen-bond donors (Lipinski definition) is 1. The number of rotatable bonds is 11. The molecule has 0 radical (unpaired) electrons. The highest BCUT2D eigenvalue weighted by atomic mass is 35.5. The van der Waals surface area contributed by atoms with Crippen LogP contribution in [0.4, 0.5) is 0 Å². The van der Waals surface area contributed by atoms with Crippen LogP contribution in [0.1, 0.15) is 30.0 Å². The molecule has 0 aliphatic heterocycles. The fourth-order valence-electron chi connectivity index (χ4n) is 3.65. The molecular formula is C28H31ClN2O3. The number of carbonyl (C=O) groups is 2. The highest BCUT2D eigenvalue weighted by Gasteiger charge is 2.30. The van der Waals surface area contributed by atoms with Crippen LogP contribution < -0.4 is 10.1 Å². The van der Waals surface area contributed by atoms with Gasteiger partial charge in [0, 0.05) is 24.5 Å². The van der Waals surface area contributed by atoms with Crippen molar-refractivity contribution >= 4 is 23.4 Å². The van der Waals surface area contributed by atoms with E-state index in [1.807, 2.05) is 80.6 Å². The monoisotopic (exact) mass is 478 g/mol. The van der Waals surface area contributed by atoms with E-state index < -0.39 is 6.04 Å². The first kappa shape index (κ1) is 25.3. The van der Waals surface area contributed by atoms with Crippen molar-refractivity contribution in [3.8, 4) is 5.75 Å². The summed E-state index contributed by atoms with van der Waals surface area (Å²) in [6, 6.07) is 23.9. The Morgan fingerprint density at radius 3 is 2.29 bits per heavy atom. The Labute approximate surface area is 206 Å². The summed E-state index contributed by atoms with van der Waals surface area (Å²) in [4.78, 5) is 28.4. The third-order valence-electron chi connectivity index (χ3n) is 5.53. The molecule has 5 nitrogen and oxygen atoms in total. The SMILES string of the molecule is CCCNC(=O)[C@H](Cc1ccccc1)N(Cc1ccc(Cl)cc1)C(=O)COc1ccccc1C. The fourth-order valence-corrected chi connectivity index (χ4v) is 3.77. The molecule has 0 saturated carbocycles. The van der Waals surface area contributed by atoms with Gasteiger partial charge in [0.2, 0.25) is 5.91 Å². The average molecular weight is 479 g/mol. The lowest BCUT2D eigenvalue weighted by Crippen LogP contribution is -2.51. The van der Waals surface area contributed by atoms with Crippen LogP contribution in [0, 0.1) is 6.92 Å². The first-order valence-electron chi connectivity index (χ1n) is 11.5. The third kappa shape index (κ3) is 7.35. The number of benzene rings is 3. The number of carbonyl (C=O) groups excluding carboxylic acids is 2. The molecule has 3 rings (SSSR count). The predicted molar refractivity (Wildman–Crippen MR) is 136 cm³/mol. The van der Waals surface area contributed by atoms with Crippen molar-refractivity contribution in [2.45, 2.75) is 39.3 Å². The van der Waals surface area contributed by atoms with Gasteiger partial charge >= 0.3 is 0 Å². The number of nitrogens with zero attached hydrogens (tertiary/aromatic N) is 1. The van der Waals surface area contributed by atoms with Gasteiger partial charge in [-0.1, -0.05) is 79.2 Å². The Balaban J connectivity index is 1.89. The predicted octanol–water partition coefficient (Wildman–Crippen LogP) is 5.19. The molecule has 34 heavy (non-hydrogen) atoms.